The van der Waals surface area contributed by atoms with E-state index in [1.54, 1.807) is 6.07 Å². The van der Waals surface area contributed by atoms with Crippen LogP contribution in [0.4, 0.5) is 18.9 Å². The summed E-state index contributed by atoms with van der Waals surface area (Å²) in [6.07, 6.45) is -3.26. The minimum absolute atomic E-state index is 0.317. The Labute approximate surface area is 131 Å². The molecule has 1 aromatic carbocycles. The van der Waals surface area contributed by atoms with E-state index < -0.39 is 11.7 Å². The molecule has 1 saturated heterocycles. The van der Waals surface area contributed by atoms with E-state index in [4.69, 9.17) is 0 Å². The lowest BCUT2D eigenvalue weighted by Gasteiger charge is -2.38. The van der Waals surface area contributed by atoms with Gasteiger partial charge in [0.25, 0.3) is 0 Å². The average molecular weight is 365 g/mol. The Bertz CT molecular complexity index is 490. The average Bonchev–Trinajstić information content (AvgIpc) is 2.45. The smallest absolute Gasteiger partial charge is 0.369 e. The Balaban J connectivity index is 2.23. The highest BCUT2D eigenvalue weighted by molar-refractivity contribution is 9.10. The molecule has 0 aliphatic carbocycles. The number of anilines is 1. The van der Waals surface area contributed by atoms with Gasteiger partial charge in [-0.3, -0.25) is 0 Å². The number of alkyl halides is 3. The third-order valence-corrected chi connectivity index (χ3v) is 4.57. The summed E-state index contributed by atoms with van der Waals surface area (Å²) < 4.78 is 39.2. The molecular formula is C15H20BrF3N2. The first-order chi connectivity index (χ1) is 9.81. The monoisotopic (exact) mass is 364 g/mol. The van der Waals surface area contributed by atoms with E-state index in [9.17, 15) is 13.2 Å². The third kappa shape index (κ3) is 4.13. The normalized spacial score (nSPS) is 21.4. The van der Waals surface area contributed by atoms with Crippen LogP contribution in [0.3, 0.4) is 0 Å². The van der Waals surface area contributed by atoms with Gasteiger partial charge in [0.1, 0.15) is 0 Å². The molecule has 2 rings (SSSR count). The van der Waals surface area contributed by atoms with Crippen molar-refractivity contribution < 1.29 is 13.2 Å². The molecule has 2 unspecified atom stereocenters. The van der Waals surface area contributed by atoms with Crippen molar-refractivity contribution in [2.45, 2.75) is 32.5 Å². The van der Waals surface area contributed by atoms with E-state index in [1.165, 1.54) is 6.07 Å². The van der Waals surface area contributed by atoms with Crippen molar-refractivity contribution >= 4 is 21.6 Å². The Morgan fingerprint density at radius 3 is 2.71 bits per heavy atom. The quantitative estimate of drug-likeness (QED) is 0.860. The van der Waals surface area contributed by atoms with Gasteiger partial charge in [0.05, 0.1) is 5.56 Å². The van der Waals surface area contributed by atoms with Crippen LogP contribution in [0.25, 0.3) is 0 Å². The second-order valence-corrected chi connectivity index (χ2v) is 6.50. The third-order valence-electron chi connectivity index (χ3n) is 4.11. The highest BCUT2D eigenvalue weighted by Gasteiger charge is 2.32. The molecule has 2 atom stereocenters. The Kier molecular flexibility index (Phi) is 5.20. The van der Waals surface area contributed by atoms with Gasteiger partial charge < -0.3 is 10.2 Å². The van der Waals surface area contributed by atoms with Gasteiger partial charge in [-0.2, -0.15) is 13.2 Å². The Morgan fingerprint density at radius 1 is 1.38 bits per heavy atom. The summed E-state index contributed by atoms with van der Waals surface area (Å²) in [4.78, 5) is 2.04. The lowest BCUT2D eigenvalue weighted by molar-refractivity contribution is -0.137. The predicted octanol–water partition coefficient (Wildman–Crippen LogP) is 4.29. The molecule has 1 aromatic rings. The Morgan fingerprint density at radius 2 is 2.10 bits per heavy atom. The minimum Gasteiger partial charge on any atom is -0.369 e. The first-order valence-electron chi connectivity index (χ1n) is 7.17. The van der Waals surface area contributed by atoms with E-state index in [0.29, 0.717) is 22.1 Å². The van der Waals surface area contributed by atoms with Crippen LogP contribution >= 0.6 is 15.9 Å². The molecule has 2 nitrogen and oxygen atoms in total. The number of piperazine rings is 1. The van der Waals surface area contributed by atoms with Gasteiger partial charge in [0.15, 0.2) is 0 Å². The fourth-order valence-corrected chi connectivity index (χ4v) is 3.08. The molecule has 0 aromatic heterocycles. The molecule has 1 heterocycles. The zero-order valence-electron chi connectivity index (χ0n) is 12.2. The zero-order valence-corrected chi connectivity index (χ0v) is 13.8. The molecule has 6 heteroatoms. The summed E-state index contributed by atoms with van der Waals surface area (Å²) in [5.74, 6) is 0.502. The number of rotatable bonds is 3. The van der Waals surface area contributed by atoms with Crippen LogP contribution < -0.4 is 10.2 Å². The first-order valence-corrected chi connectivity index (χ1v) is 7.96. The maximum atomic E-state index is 12.9. The van der Waals surface area contributed by atoms with Crippen molar-refractivity contribution in [2.24, 2.45) is 5.92 Å². The molecule has 1 aliphatic rings. The van der Waals surface area contributed by atoms with Crippen molar-refractivity contribution in [1.29, 1.82) is 0 Å². The largest absolute Gasteiger partial charge is 0.416 e. The first kappa shape index (κ1) is 16.6. The molecule has 0 saturated carbocycles. The van der Waals surface area contributed by atoms with Crippen LogP contribution in [-0.4, -0.2) is 25.7 Å². The van der Waals surface area contributed by atoms with E-state index in [2.05, 4.69) is 35.1 Å². The maximum Gasteiger partial charge on any atom is 0.416 e. The topological polar surface area (TPSA) is 15.3 Å². The van der Waals surface area contributed by atoms with Crippen LogP contribution in [0.2, 0.25) is 0 Å². The molecule has 0 amide bonds. The molecule has 0 bridgehead atoms. The van der Waals surface area contributed by atoms with Crippen molar-refractivity contribution in [3.63, 3.8) is 0 Å². The zero-order chi connectivity index (χ0) is 15.6. The fourth-order valence-electron chi connectivity index (χ4n) is 2.60. The number of halogens is 4. The second kappa shape index (κ2) is 6.57. The van der Waals surface area contributed by atoms with E-state index >= 15 is 0 Å². The van der Waals surface area contributed by atoms with Gasteiger partial charge in [-0.05, 0) is 24.1 Å². The van der Waals surface area contributed by atoms with Gasteiger partial charge in [0, 0.05) is 35.8 Å². The highest BCUT2D eigenvalue weighted by Crippen LogP contribution is 2.34. The maximum absolute atomic E-state index is 12.9. The summed E-state index contributed by atoms with van der Waals surface area (Å²) in [5.41, 5.74) is 0.0250. The van der Waals surface area contributed by atoms with Crippen molar-refractivity contribution in [3.8, 4) is 0 Å². The molecule has 1 fully saturated rings. The van der Waals surface area contributed by atoms with Gasteiger partial charge in [-0.25, -0.2) is 0 Å². The van der Waals surface area contributed by atoms with E-state index in [-0.39, 0.29) is 0 Å². The Hall–Kier alpha value is -0.750. The van der Waals surface area contributed by atoms with Crippen molar-refractivity contribution in [1.82, 2.24) is 5.32 Å². The SMILES string of the molecule is CCC(C)C1CN(c2cc(Br)cc(C(F)(F)F)c2)CCN1. The van der Waals surface area contributed by atoms with Crippen LogP contribution in [0.15, 0.2) is 22.7 Å². The number of benzene rings is 1. The van der Waals surface area contributed by atoms with Crippen LogP contribution in [0.5, 0.6) is 0 Å². The predicted molar refractivity (Wildman–Crippen MR) is 82.6 cm³/mol. The van der Waals surface area contributed by atoms with E-state index in [0.717, 1.165) is 32.1 Å². The second-order valence-electron chi connectivity index (χ2n) is 5.59. The standard InChI is InChI=1S/C15H20BrF3N2/c1-3-10(2)14-9-21(5-4-20-14)13-7-11(15(17,18)19)6-12(16)8-13/h6-8,10,14,20H,3-5,9H2,1-2H3. The summed E-state index contributed by atoms with van der Waals surface area (Å²) in [6, 6.07) is 4.44. The fraction of sp³-hybridized carbons (Fsp3) is 0.600. The highest BCUT2D eigenvalue weighted by atomic mass is 79.9. The lowest BCUT2D eigenvalue weighted by Crippen LogP contribution is -2.53. The molecule has 0 radical (unpaired) electrons. The molecule has 0 spiro atoms. The lowest BCUT2D eigenvalue weighted by atomic mass is 9.97. The van der Waals surface area contributed by atoms with Crippen LogP contribution in [0, 0.1) is 5.92 Å². The van der Waals surface area contributed by atoms with Gasteiger partial charge in [-0.15, -0.1) is 0 Å². The van der Waals surface area contributed by atoms with Gasteiger partial charge in [0.2, 0.25) is 0 Å². The number of nitrogens with zero attached hydrogens (tertiary/aromatic N) is 1. The molecular weight excluding hydrogens is 345 g/mol. The van der Waals surface area contributed by atoms with Crippen LogP contribution in [-0.2, 0) is 6.18 Å². The number of hydrogen-bond donors (Lipinski definition) is 1. The summed E-state index contributed by atoms with van der Waals surface area (Å²) in [7, 11) is 0. The van der Waals surface area contributed by atoms with Crippen LogP contribution in [0.1, 0.15) is 25.8 Å². The summed E-state index contributed by atoms with van der Waals surface area (Å²) >= 11 is 3.19. The minimum atomic E-state index is -4.32. The van der Waals surface area contributed by atoms with Crippen molar-refractivity contribution in [2.75, 3.05) is 24.5 Å². The van der Waals surface area contributed by atoms with Gasteiger partial charge >= 0.3 is 6.18 Å². The van der Waals surface area contributed by atoms with Crippen molar-refractivity contribution in [3.05, 3.63) is 28.2 Å². The molecule has 21 heavy (non-hydrogen) atoms. The number of nitrogens with one attached hydrogen (secondary N) is 1. The van der Waals surface area contributed by atoms with Gasteiger partial charge in [-0.1, -0.05) is 36.2 Å². The van der Waals surface area contributed by atoms with E-state index in [1.807, 2.05) is 4.90 Å². The summed E-state index contributed by atoms with van der Waals surface area (Å²) in [5, 5.41) is 3.45. The number of hydrogen-bond acceptors (Lipinski definition) is 2. The molecule has 118 valence electrons. The summed E-state index contributed by atoms with van der Waals surface area (Å²) in [6.45, 7) is 6.56. The molecule has 1 aliphatic heterocycles. The molecule has 1 N–H and O–H groups in total.